The first-order chi connectivity index (χ1) is 18.9. The molecule has 3 N–H and O–H groups in total. The lowest BCUT2D eigenvalue weighted by Gasteiger charge is -2.18. The van der Waals surface area contributed by atoms with E-state index in [1.807, 2.05) is 36.4 Å². The molecular weight excluding hydrogens is 537 g/mol. The highest BCUT2D eigenvalue weighted by Gasteiger charge is 2.24. The first kappa shape index (κ1) is 26.7. The van der Waals surface area contributed by atoms with Crippen molar-refractivity contribution in [3.63, 3.8) is 0 Å². The van der Waals surface area contributed by atoms with Crippen LogP contribution in [-0.4, -0.2) is 38.3 Å². The quantitative estimate of drug-likeness (QED) is 0.237. The van der Waals surface area contributed by atoms with Crippen molar-refractivity contribution >= 4 is 40.9 Å². The molecule has 200 valence electrons. The molecule has 3 heterocycles. The fraction of sp³-hybridized carbons (Fsp3) is 0.241. The lowest BCUT2D eigenvalue weighted by Crippen LogP contribution is -2.30. The molecular formula is C29H27Cl2N5O3. The van der Waals surface area contributed by atoms with Crippen LogP contribution in [0.2, 0.25) is 10.0 Å². The number of anilines is 1. The molecule has 0 fully saturated rings. The van der Waals surface area contributed by atoms with Gasteiger partial charge in [0.15, 0.2) is 0 Å². The van der Waals surface area contributed by atoms with E-state index in [9.17, 15) is 14.7 Å². The van der Waals surface area contributed by atoms with Gasteiger partial charge in [-0.3, -0.25) is 14.3 Å². The van der Waals surface area contributed by atoms with E-state index in [1.54, 1.807) is 29.1 Å². The molecule has 5 rings (SSSR count). The summed E-state index contributed by atoms with van der Waals surface area (Å²) in [6.45, 7) is 1.44. The first-order valence-corrected chi connectivity index (χ1v) is 13.5. The van der Waals surface area contributed by atoms with Gasteiger partial charge in [-0.1, -0.05) is 59.6 Å². The lowest BCUT2D eigenvalue weighted by molar-refractivity contribution is -0.137. The van der Waals surface area contributed by atoms with Crippen LogP contribution in [0, 0.1) is 0 Å². The van der Waals surface area contributed by atoms with Gasteiger partial charge >= 0.3 is 5.97 Å². The highest BCUT2D eigenvalue weighted by atomic mass is 35.5. The number of nitrogens with one attached hydrogen (secondary N) is 2. The van der Waals surface area contributed by atoms with Gasteiger partial charge in [-0.05, 0) is 48.2 Å². The summed E-state index contributed by atoms with van der Waals surface area (Å²) < 4.78 is 1.73. The van der Waals surface area contributed by atoms with Crippen LogP contribution in [-0.2, 0) is 24.2 Å². The van der Waals surface area contributed by atoms with Crippen molar-refractivity contribution in [2.45, 2.75) is 38.3 Å². The second kappa shape index (κ2) is 11.9. The van der Waals surface area contributed by atoms with E-state index >= 15 is 0 Å². The third-order valence-electron chi connectivity index (χ3n) is 6.57. The number of aliphatic carboxylic acids is 1. The number of hydrogen-bond acceptors (Lipinski definition) is 5. The van der Waals surface area contributed by atoms with Gasteiger partial charge in [-0.25, -0.2) is 4.98 Å². The molecule has 2 aromatic carbocycles. The molecule has 0 saturated heterocycles. The summed E-state index contributed by atoms with van der Waals surface area (Å²) in [5, 5.41) is 21.2. The Morgan fingerprint density at radius 3 is 2.59 bits per heavy atom. The van der Waals surface area contributed by atoms with Crippen molar-refractivity contribution in [1.29, 1.82) is 0 Å². The molecule has 1 atom stereocenters. The van der Waals surface area contributed by atoms with Gasteiger partial charge in [0.25, 0.3) is 5.91 Å². The van der Waals surface area contributed by atoms with E-state index in [0.29, 0.717) is 39.8 Å². The molecule has 8 nitrogen and oxygen atoms in total. The predicted molar refractivity (Wildman–Crippen MR) is 151 cm³/mol. The van der Waals surface area contributed by atoms with Crippen LogP contribution in [0.4, 0.5) is 5.82 Å². The SMILES string of the molecule is O=C(O)CC(NC(=O)c1cn(CCc2ccc3c(n2)NCCC3)nc1-c1ccccc1)c1cc(Cl)cc(Cl)c1. The van der Waals surface area contributed by atoms with E-state index in [0.717, 1.165) is 36.5 Å². The molecule has 4 aromatic rings. The van der Waals surface area contributed by atoms with Crippen molar-refractivity contribution in [3.8, 4) is 11.3 Å². The zero-order valence-electron chi connectivity index (χ0n) is 21.0. The largest absolute Gasteiger partial charge is 0.481 e. The van der Waals surface area contributed by atoms with Crippen LogP contribution in [0.3, 0.4) is 0 Å². The number of aromatic nitrogens is 3. The Balaban J connectivity index is 1.41. The number of carbonyl (C=O) groups is 2. The molecule has 0 radical (unpaired) electrons. The zero-order valence-corrected chi connectivity index (χ0v) is 22.5. The number of nitrogens with zero attached hydrogens (tertiary/aromatic N) is 3. The fourth-order valence-corrected chi connectivity index (χ4v) is 5.23. The molecule has 1 unspecified atom stereocenters. The van der Waals surface area contributed by atoms with Gasteiger partial charge in [-0.15, -0.1) is 0 Å². The topological polar surface area (TPSA) is 109 Å². The number of aryl methyl sites for hydroxylation is 3. The summed E-state index contributed by atoms with van der Waals surface area (Å²) in [5.41, 5.74) is 4.29. The van der Waals surface area contributed by atoms with Gasteiger partial charge in [0.2, 0.25) is 0 Å². The molecule has 1 aliphatic rings. The minimum absolute atomic E-state index is 0.338. The number of carbonyl (C=O) groups excluding carboxylic acids is 1. The van der Waals surface area contributed by atoms with Crippen LogP contribution in [0.5, 0.6) is 0 Å². The van der Waals surface area contributed by atoms with Crippen molar-refractivity contribution in [3.05, 3.63) is 99.3 Å². The van der Waals surface area contributed by atoms with Gasteiger partial charge in [0, 0.05) is 47.0 Å². The van der Waals surface area contributed by atoms with E-state index in [4.69, 9.17) is 33.3 Å². The average Bonchev–Trinajstić information content (AvgIpc) is 3.36. The smallest absolute Gasteiger partial charge is 0.305 e. The maximum Gasteiger partial charge on any atom is 0.305 e. The predicted octanol–water partition coefficient (Wildman–Crippen LogP) is 5.80. The number of carboxylic acids is 1. The molecule has 0 aliphatic carbocycles. The molecule has 0 saturated carbocycles. The van der Waals surface area contributed by atoms with E-state index in [2.05, 4.69) is 16.7 Å². The number of benzene rings is 2. The van der Waals surface area contributed by atoms with E-state index < -0.39 is 17.9 Å². The van der Waals surface area contributed by atoms with Crippen molar-refractivity contribution in [2.75, 3.05) is 11.9 Å². The Hall–Kier alpha value is -3.88. The molecule has 1 amide bonds. The van der Waals surface area contributed by atoms with Crippen LogP contribution in [0.15, 0.2) is 66.9 Å². The Bertz CT molecular complexity index is 1490. The molecule has 2 aromatic heterocycles. The summed E-state index contributed by atoms with van der Waals surface area (Å²) in [6, 6.07) is 17.5. The summed E-state index contributed by atoms with van der Waals surface area (Å²) in [4.78, 5) is 30.0. The fourth-order valence-electron chi connectivity index (χ4n) is 4.69. The van der Waals surface area contributed by atoms with Gasteiger partial charge < -0.3 is 15.7 Å². The second-order valence-electron chi connectivity index (χ2n) is 9.44. The highest BCUT2D eigenvalue weighted by molar-refractivity contribution is 6.34. The van der Waals surface area contributed by atoms with Gasteiger partial charge in [0.05, 0.1) is 18.0 Å². The summed E-state index contributed by atoms with van der Waals surface area (Å²) >= 11 is 12.3. The second-order valence-corrected chi connectivity index (χ2v) is 10.3. The van der Waals surface area contributed by atoms with Gasteiger partial charge in [-0.2, -0.15) is 5.10 Å². The maximum absolute atomic E-state index is 13.6. The molecule has 1 aliphatic heterocycles. The average molecular weight is 564 g/mol. The number of hydrogen-bond donors (Lipinski definition) is 3. The summed E-state index contributed by atoms with van der Waals surface area (Å²) in [6.07, 6.45) is 4.12. The van der Waals surface area contributed by atoms with Crippen LogP contribution >= 0.6 is 23.2 Å². The number of halogens is 2. The van der Waals surface area contributed by atoms with E-state index in [1.165, 1.54) is 5.56 Å². The zero-order chi connectivity index (χ0) is 27.4. The third-order valence-corrected chi connectivity index (χ3v) is 7.01. The standard InChI is InChI=1S/C29H27Cl2N5O3/c30-21-13-20(14-22(31)15-21)25(16-26(37)38)34-29(39)24-17-36(35-27(24)18-5-2-1-3-6-18)12-10-23-9-8-19-7-4-11-32-28(19)33-23/h1-3,5-6,8-9,13-15,17,25H,4,7,10-12,16H2,(H,32,33)(H,34,39)(H,37,38). The number of carboxylic acid groups (broad SMARTS) is 1. The maximum atomic E-state index is 13.6. The Labute approximate surface area is 236 Å². The summed E-state index contributed by atoms with van der Waals surface area (Å²) in [5.74, 6) is -0.573. The minimum Gasteiger partial charge on any atom is -0.481 e. The van der Waals surface area contributed by atoms with Crippen LogP contribution in [0.25, 0.3) is 11.3 Å². The monoisotopic (exact) mass is 563 g/mol. The Morgan fingerprint density at radius 1 is 1.08 bits per heavy atom. The van der Waals surface area contributed by atoms with Crippen LogP contribution < -0.4 is 10.6 Å². The number of rotatable bonds is 9. The van der Waals surface area contributed by atoms with Crippen LogP contribution in [0.1, 0.15) is 46.1 Å². The highest BCUT2D eigenvalue weighted by Crippen LogP contribution is 2.28. The molecule has 0 bridgehead atoms. The lowest BCUT2D eigenvalue weighted by atomic mass is 10.0. The third kappa shape index (κ3) is 6.58. The summed E-state index contributed by atoms with van der Waals surface area (Å²) in [7, 11) is 0. The Kier molecular flexibility index (Phi) is 8.14. The van der Waals surface area contributed by atoms with Crippen molar-refractivity contribution < 1.29 is 14.7 Å². The number of fused-ring (bicyclic) bond motifs is 1. The first-order valence-electron chi connectivity index (χ1n) is 12.7. The van der Waals surface area contributed by atoms with Crippen molar-refractivity contribution in [1.82, 2.24) is 20.1 Å². The number of amides is 1. The molecule has 0 spiro atoms. The molecule has 10 heteroatoms. The Morgan fingerprint density at radius 2 is 1.85 bits per heavy atom. The number of pyridine rings is 1. The van der Waals surface area contributed by atoms with Crippen molar-refractivity contribution in [2.24, 2.45) is 0 Å². The minimum atomic E-state index is -1.07. The molecule has 39 heavy (non-hydrogen) atoms. The van der Waals surface area contributed by atoms with E-state index in [-0.39, 0.29) is 6.42 Å². The normalized spacial score (nSPS) is 13.3. The van der Waals surface area contributed by atoms with Gasteiger partial charge in [0.1, 0.15) is 11.5 Å².